The number of hydrogen-bond acceptors (Lipinski definition) is 9. The average Bonchev–Trinajstić information content (AvgIpc) is 3.12. The van der Waals surface area contributed by atoms with E-state index >= 15 is 0 Å². The lowest BCUT2D eigenvalue weighted by molar-refractivity contribution is 0.144. The molecule has 0 spiro atoms. The summed E-state index contributed by atoms with van der Waals surface area (Å²) in [7, 11) is 4.84. The summed E-state index contributed by atoms with van der Waals surface area (Å²) in [5, 5.41) is 4.03. The highest BCUT2D eigenvalue weighted by Crippen LogP contribution is 2.31. The first kappa shape index (κ1) is 18.1. The molecule has 138 valence electrons. The number of anilines is 2. The third kappa shape index (κ3) is 3.92. The van der Waals surface area contributed by atoms with Crippen molar-refractivity contribution in [3.8, 4) is 11.5 Å². The number of aromatic amines is 1. The Morgan fingerprint density at radius 3 is 2.73 bits per heavy atom. The summed E-state index contributed by atoms with van der Waals surface area (Å²) in [6, 6.07) is 5.58. The highest BCUT2D eigenvalue weighted by Gasteiger charge is 2.14. The van der Waals surface area contributed by atoms with Gasteiger partial charge in [0.2, 0.25) is 5.95 Å². The Labute approximate surface area is 154 Å². The predicted octanol–water partition coefficient (Wildman–Crippen LogP) is 2.13. The van der Waals surface area contributed by atoms with Crippen LogP contribution in [0.1, 0.15) is 0 Å². The summed E-state index contributed by atoms with van der Waals surface area (Å²) in [5.41, 5.74) is 7.89. The van der Waals surface area contributed by atoms with Crippen LogP contribution in [0.4, 0.5) is 11.6 Å². The van der Waals surface area contributed by atoms with Gasteiger partial charge in [0.1, 0.15) is 16.8 Å². The first-order valence-electron chi connectivity index (χ1n) is 7.75. The van der Waals surface area contributed by atoms with Crippen LogP contribution in [-0.4, -0.2) is 53.2 Å². The molecule has 3 aromatic rings. The fourth-order valence-electron chi connectivity index (χ4n) is 2.36. The summed E-state index contributed by atoms with van der Waals surface area (Å²) in [4.78, 5) is 15.5. The van der Waals surface area contributed by atoms with Crippen molar-refractivity contribution in [1.29, 1.82) is 0 Å². The van der Waals surface area contributed by atoms with E-state index in [4.69, 9.17) is 19.9 Å². The van der Waals surface area contributed by atoms with Gasteiger partial charge in [-0.05, 0) is 12.1 Å². The van der Waals surface area contributed by atoms with Crippen LogP contribution in [0.2, 0.25) is 0 Å². The van der Waals surface area contributed by atoms with Gasteiger partial charge in [-0.2, -0.15) is 4.98 Å². The van der Waals surface area contributed by atoms with Crippen molar-refractivity contribution < 1.29 is 14.2 Å². The van der Waals surface area contributed by atoms with E-state index in [1.54, 1.807) is 27.7 Å². The monoisotopic (exact) mass is 376 g/mol. The molecule has 9 nitrogen and oxygen atoms in total. The van der Waals surface area contributed by atoms with Crippen LogP contribution in [-0.2, 0) is 4.74 Å². The number of ether oxygens (including phenoxy) is 3. The Morgan fingerprint density at radius 2 is 2.00 bits per heavy atom. The Balaban J connectivity index is 1.71. The number of aromatic nitrogens is 4. The number of H-pyrrole nitrogens is 1. The maximum atomic E-state index is 5.74. The van der Waals surface area contributed by atoms with E-state index in [0.29, 0.717) is 22.9 Å². The molecular formula is C16H20N6O3S. The lowest BCUT2D eigenvalue weighted by atomic mass is 10.2. The molecule has 10 heteroatoms. The van der Waals surface area contributed by atoms with Crippen molar-refractivity contribution in [3.63, 3.8) is 0 Å². The van der Waals surface area contributed by atoms with Crippen LogP contribution >= 0.6 is 11.8 Å². The quantitative estimate of drug-likeness (QED) is 0.308. The van der Waals surface area contributed by atoms with Crippen molar-refractivity contribution in [2.45, 2.75) is 11.3 Å². The number of imidazole rings is 1. The summed E-state index contributed by atoms with van der Waals surface area (Å²) < 4.78 is 16.1. The number of hydrogen-bond donors (Lipinski definition) is 3. The van der Waals surface area contributed by atoms with Gasteiger partial charge in [-0.25, -0.2) is 9.97 Å². The van der Waals surface area contributed by atoms with Gasteiger partial charge in [-0.1, -0.05) is 11.8 Å². The van der Waals surface area contributed by atoms with Gasteiger partial charge in [-0.3, -0.25) is 0 Å². The zero-order chi connectivity index (χ0) is 18.5. The minimum atomic E-state index is -0.257. The van der Waals surface area contributed by atoms with Gasteiger partial charge in [0.25, 0.3) is 0 Å². The molecule has 0 radical (unpaired) electrons. The number of nitrogens with zero attached hydrogens (tertiary/aromatic N) is 3. The molecule has 1 atom stereocenters. The van der Waals surface area contributed by atoms with E-state index in [-0.39, 0.29) is 12.2 Å². The maximum absolute atomic E-state index is 5.74. The molecule has 2 heterocycles. The molecule has 0 amide bonds. The molecule has 3 rings (SSSR count). The standard InChI is InChI=1S/C16H20N6O3S/c1-23-10-5-4-9(6-11(10)24-2)20-12(25-3)7-26-15-13-14(19-8-18-13)21-16(17)22-15/h4-6,8,12,20H,7H2,1-3H3,(H3,17,18,19,21,22). The molecule has 0 fully saturated rings. The van der Waals surface area contributed by atoms with Crippen molar-refractivity contribution in [1.82, 2.24) is 19.9 Å². The highest BCUT2D eigenvalue weighted by atomic mass is 32.2. The van der Waals surface area contributed by atoms with Crippen LogP contribution in [0, 0.1) is 0 Å². The molecule has 0 aliphatic heterocycles. The highest BCUT2D eigenvalue weighted by molar-refractivity contribution is 7.99. The second-order valence-corrected chi connectivity index (χ2v) is 6.25. The van der Waals surface area contributed by atoms with E-state index in [1.165, 1.54) is 11.8 Å². The van der Waals surface area contributed by atoms with Gasteiger partial charge in [0, 0.05) is 24.6 Å². The van der Waals surface area contributed by atoms with E-state index in [0.717, 1.165) is 16.2 Å². The van der Waals surface area contributed by atoms with Crippen LogP contribution < -0.4 is 20.5 Å². The summed E-state index contributed by atoms with van der Waals surface area (Å²) in [6.45, 7) is 0. The van der Waals surface area contributed by atoms with Crippen LogP contribution in [0.3, 0.4) is 0 Å². The Kier molecular flexibility index (Phi) is 5.64. The number of benzene rings is 1. The Bertz CT molecular complexity index is 888. The normalized spacial score (nSPS) is 12.1. The molecule has 0 aliphatic carbocycles. The minimum Gasteiger partial charge on any atom is -0.493 e. The van der Waals surface area contributed by atoms with Crippen LogP contribution in [0.25, 0.3) is 11.2 Å². The van der Waals surface area contributed by atoms with E-state index < -0.39 is 0 Å². The number of methoxy groups -OCH3 is 3. The van der Waals surface area contributed by atoms with E-state index in [1.807, 2.05) is 18.2 Å². The van der Waals surface area contributed by atoms with Gasteiger partial charge < -0.3 is 30.2 Å². The smallest absolute Gasteiger partial charge is 0.223 e. The van der Waals surface area contributed by atoms with Gasteiger partial charge >= 0.3 is 0 Å². The largest absolute Gasteiger partial charge is 0.493 e. The van der Waals surface area contributed by atoms with Crippen molar-refractivity contribution in [2.24, 2.45) is 0 Å². The van der Waals surface area contributed by atoms with Crippen molar-refractivity contribution in [2.75, 3.05) is 38.1 Å². The van der Waals surface area contributed by atoms with Crippen LogP contribution in [0.15, 0.2) is 29.6 Å². The number of rotatable bonds is 8. The molecule has 0 bridgehead atoms. The van der Waals surface area contributed by atoms with Crippen LogP contribution in [0.5, 0.6) is 11.5 Å². The SMILES string of the molecule is COc1ccc(NC(CSc2nc(N)nc3nc[nH]c23)OC)cc1OC. The molecule has 0 saturated heterocycles. The number of nitrogen functional groups attached to an aromatic ring is 1. The molecule has 0 aliphatic rings. The summed E-state index contributed by atoms with van der Waals surface area (Å²) >= 11 is 1.49. The average molecular weight is 376 g/mol. The molecule has 26 heavy (non-hydrogen) atoms. The van der Waals surface area contributed by atoms with Gasteiger partial charge in [-0.15, -0.1) is 0 Å². The number of nitrogens with one attached hydrogen (secondary N) is 2. The number of thioether (sulfide) groups is 1. The zero-order valence-corrected chi connectivity index (χ0v) is 15.5. The molecule has 2 aromatic heterocycles. The number of fused-ring (bicyclic) bond motifs is 1. The van der Waals surface area contributed by atoms with E-state index in [2.05, 4.69) is 25.3 Å². The number of nitrogens with two attached hydrogens (primary N) is 1. The second-order valence-electron chi connectivity index (χ2n) is 5.24. The lowest BCUT2D eigenvalue weighted by Crippen LogP contribution is -2.24. The van der Waals surface area contributed by atoms with Gasteiger partial charge in [0.15, 0.2) is 17.1 Å². The Hall–Kier alpha value is -2.72. The predicted molar refractivity (Wildman–Crippen MR) is 101 cm³/mol. The third-order valence-corrected chi connectivity index (χ3v) is 4.68. The third-order valence-electron chi connectivity index (χ3n) is 3.64. The summed E-state index contributed by atoms with van der Waals surface area (Å²) in [5.74, 6) is 2.09. The zero-order valence-electron chi connectivity index (χ0n) is 14.6. The molecular weight excluding hydrogens is 356 g/mol. The van der Waals surface area contributed by atoms with Crippen molar-refractivity contribution in [3.05, 3.63) is 24.5 Å². The molecule has 1 unspecified atom stereocenters. The molecule has 1 aromatic carbocycles. The fourth-order valence-corrected chi connectivity index (χ4v) is 3.34. The molecule has 4 N–H and O–H groups in total. The first-order chi connectivity index (χ1) is 12.6. The maximum Gasteiger partial charge on any atom is 0.223 e. The lowest BCUT2D eigenvalue weighted by Gasteiger charge is -2.19. The van der Waals surface area contributed by atoms with Crippen molar-refractivity contribution >= 4 is 34.6 Å². The van der Waals surface area contributed by atoms with E-state index in [9.17, 15) is 0 Å². The topological polar surface area (TPSA) is 120 Å². The fraction of sp³-hybridized carbons (Fsp3) is 0.312. The first-order valence-corrected chi connectivity index (χ1v) is 8.74. The van der Waals surface area contributed by atoms with Gasteiger partial charge in [0.05, 0.1) is 20.5 Å². The summed E-state index contributed by atoms with van der Waals surface area (Å²) in [6.07, 6.45) is 1.31. The second kappa shape index (κ2) is 8.11. The minimum absolute atomic E-state index is 0.189. The molecule has 0 saturated carbocycles. The Morgan fingerprint density at radius 1 is 1.19 bits per heavy atom.